The van der Waals surface area contributed by atoms with Crippen molar-refractivity contribution in [2.24, 2.45) is 0 Å². The van der Waals surface area contributed by atoms with Crippen molar-refractivity contribution in [1.82, 2.24) is 10.0 Å². The van der Waals surface area contributed by atoms with Crippen molar-refractivity contribution < 1.29 is 13.2 Å². The molecule has 0 heterocycles. The molecule has 0 saturated heterocycles. The lowest BCUT2D eigenvalue weighted by Gasteiger charge is -2.14. The maximum absolute atomic E-state index is 11.9. The summed E-state index contributed by atoms with van der Waals surface area (Å²) >= 11 is 0. The molecule has 0 aliphatic carbocycles. The Kier molecular flexibility index (Phi) is 11.5. The van der Waals surface area contributed by atoms with Crippen LogP contribution in [0.1, 0.15) is 46.5 Å². The molecule has 1 unspecified atom stereocenters. The van der Waals surface area contributed by atoms with Gasteiger partial charge in [-0.25, -0.2) is 13.1 Å². The van der Waals surface area contributed by atoms with E-state index in [4.69, 9.17) is 4.74 Å². The van der Waals surface area contributed by atoms with Gasteiger partial charge in [-0.1, -0.05) is 20.3 Å². The third-order valence-corrected chi connectivity index (χ3v) is 4.63. The van der Waals surface area contributed by atoms with Gasteiger partial charge in [-0.3, -0.25) is 0 Å². The fourth-order valence-corrected chi connectivity index (χ4v) is 2.52. The molecule has 0 spiro atoms. The second-order valence-corrected chi connectivity index (χ2v) is 6.96. The summed E-state index contributed by atoms with van der Waals surface area (Å²) in [5.41, 5.74) is 0. The van der Waals surface area contributed by atoms with Gasteiger partial charge in [0.2, 0.25) is 10.0 Å². The minimum atomic E-state index is -3.21. The summed E-state index contributed by atoms with van der Waals surface area (Å²) in [6, 6.07) is 0. The predicted molar refractivity (Wildman–Crippen MR) is 79.9 cm³/mol. The zero-order valence-electron chi connectivity index (χ0n) is 12.6. The van der Waals surface area contributed by atoms with E-state index in [9.17, 15) is 8.42 Å². The normalized spacial score (nSPS) is 13.6. The van der Waals surface area contributed by atoms with Crippen LogP contribution in [0.2, 0.25) is 0 Å². The molecule has 19 heavy (non-hydrogen) atoms. The van der Waals surface area contributed by atoms with Gasteiger partial charge < -0.3 is 10.1 Å². The molecule has 0 aliphatic rings. The van der Waals surface area contributed by atoms with Crippen LogP contribution in [-0.2, 0) is 14.8 Å². The lowest BCUT2D eigenvalue weighted by molar-refractivity contribution is 0.130. The van der Waals surface area contributed by atoms with Crippen LogP contribution < -0.4 is 10.0 Å². The number of nitrogens with one attached hydrogen (secondary N) is 2. The molecule has 116 valence electrons. The third-order valence-electron chi connectivity index (χ3n) is 2.80. The molecule has 0 aromatic carbocycles. The molecular weight excluding hydrogens is 264 g/mol. The zero-order chi connectivity index (χ0) is 14.6. The van der Waals surface area contributed by atoms with Crippen LogP contribution in [0.25, 0.3) is 0 Å². The van der Waals surface area contributed by atoms with Crippen LogP contribution in [0.3, 0.4) is 0 Å². The van der Waals surface area contributed by atoms with E-state index in [1.54, 1.807) is 6.92 Å². The van der Waals surface area contributed by atoms with Crippen LogP contribution in [0.15, 0.2) is 0 Å². The van der Waals surface area contributed by atoms with Crippen molar-refractivity contribution in [3.63, 3.8) is 0 Å². The Morgan fingerprint density at radius 3 is 2.37 bits per heavy atom. The standard InChI is InChI=1S/C13H30N2O3S/c1-4-6-10-18-11-7-9-15-19(16,17)13(3)12-14-8-5-2/h13-15H,4-12H2,1-3H3. The van der Waals surface area contributed by atoms with Crippen molar-refractivity contribution >= 4 is 10.0 Å². The average Bonchev–Trinajstić information content (AvgIpc) is 2.37. The van der Waals surface area contributed by atoms with Crippen LogP contribution in [0.5, 0.6) is 0 Å². The second kappa shape index (κ2) is 11.6. The van der Waals surface area contributed by atoms with Crippen LogP contribution in [-0.4, -0.2) is 46.5 Å². The molecule has 0 aromatic rings. The summed E-state index contributed by atoms with van der Waals surface area (Å²) in [4.78, 5) is 0. The first-order chi connectivity index (χ1) is 9.04. The van der Waals surface area contributed by atoms with E-state index in [2.05, 4.69) is 23.9 Å². The lowest BCUT2D eigenvalue weighted by atomic mass is 10.4. The number of hydrogen-bond acceptors (Lipinski definition) is 4. The zero-order valence-corrected chi connectivity index (χ0v) is 13.4. The number of hydrogen-bond donors (Lipinski definition) is 2. The summed E-state index contributed by atoms with van der Waals surface area (Å²) in [6.45, 7) is 9.08. The summed E-state index contributed by atoms with van der Waals surface area (Å²) in [5, 5.41) is 2.72. The van der Waals surface area contributed by atoms with Gasteiger partial charge in [0.15, 0.2) is 0 Å². The number of rotatable bonds is 13. The first kappa shape index (κ1) is 18.8. The molecule has 0 aliphatic heterocycles. The number of sulfonamides is 1. The Labute approximate surface area is 118 Å². The first-order valence-electron chi connectivity index (χ1n) is 7.31. The maximum atomic E-state index is 11.9. The smallest absolute Gasteiger partial charge is 0.215 e. The van der Waals surface area contributed by atoms with Gasteiger partial charge in [0.25, 0.3) is 0 Å². The molecule has 5 nitrogen and oxygen atoms in total. The van der Waals surface area contributed by atoms with E-state index >= 15 is 0 Å². The molecule has 0 fully saturated rings. The van der Waals surface area contributed by atoms with Gasteiger partial charge in [0, 0.05) is 26.3 Å². The first-order valence-corrected chi connectivity index (χ1v) is 8.86. The van der Waals surface area contributed by atoms with Gasteiger partial charge >= 0.3 is 0 Å². The van der Waals surface area contributed by atoms with Gasteiger partial charge in [-0.15, -0.1) is 0 Å². The van der Waals surface area contributed by atoms with E-state index in [-0.39, 0.29) is 0 Å². The SMILES string of the molecule is CCCCOCCCNS(=O)(=O)C(C)CNCCC. The van der Waals surface area contributed by atoms with Crippen molar-refractivity contribution in [2.45, 2.75) is 51.7 Å². The maximum Gasteiger partial charge on any atom is 0.215 e. The molecule has 0 radical (unpaired) electrons. The quantitative estimate of drug-likeness (QED) is 0.505. The van der Waals surface area contributed by atoms with Crippen molar-refractivity contribution in [1.29, 1.82) is 0 Å². The Morgan fingerprint density at radius 1 is 1.05 bits per heavy atom. The van der Waals surface area contributed by atoms with Crippen molar-refractivity contribution in [3.8, 4) is 0 Å². The average molecular weight is 294 g/mol. The van der Waals surface area contributed by atoms with Gasteiger partial charge in [-0.2, -0.15) is 0 Å². The van der Waals surface area contributed by atoms with Gasteiger partial charge in [0.1, 0.15) is 0 Å². The minimum absolute atomic E-state index is 0.403. The van der Waals surface area contributed by atoms with Crippen LogP contribution >= 0.6 is 0 Å². The summed E-state index contributed by atoms with van der Waals surface area (Å²) in [5.74, 6) is 0. The van der Waals surface area contributed by atoms with E-state index in [1.165, 1.54) is 0 Å². The third kappa shape index (κ3) is 10.3. The molecule has 6 heteroatoms. The van der Waals surface area contributed by atoms with E-state index in [0.717, 1.165) is 38.8 Å². The Morgan fingerprint density at radius 2 is 1.74 bits per heavy atom. The molecule has 0 bridgehead atoms. The highest BCUT2D eigenvalue weighted by molar-refractivity contribution is 7.90. The Balaban J connectivity index is 3.66. The summed E-state index contributed by atoms with van der Waals surface area (Å²) in [6.07, 6.45) is 3.91. The molecule has 2 N–H and O–H groups in total. The van der Waals surface area contributed by atoms with E-state index in [1.807, 2.05) is 0 Å². The van der Waals surface area contributed by atoms with E-state index < -0.39 is 15.3 Å². The lowest BCUT2D eigenvalue weighted by Crippen LogP contribution is -2.39. The minimum Gasteiger partial charge on any atom is -0.381 e. The Bertz CT molecular complexity index is 294. The fraction of sp³-hybridized carbons (Fsp3) is 1.00. The molecular formula is C13H30N2O3S. The summed E-state index contributed by atoms with van der Waals surface area (Å²) in [7, 11) is -3.21. The van der Waals surface area contributed by atoms with Gasteiger partial charge in [0.05, 0.1) is 5.25 Å². The van der Waals surface area contributed by atoms with Crippen molar-refractivity contribution in [2.75, 3.05) is 32.8 Å². The molecule has 0 aromatic heterocycles. The number of ether oxygens (including phenoxy) is 1. The molecule has 1 atom stereocenters. The largest absolute Gasteiger partial charge is 0.381 e. The summed E-state index contributed by atoms with van der Waals surface area (Å²) < 4.78 is 31.7. The highest BCUT2D eigenvalue weighted by Gasteiger charge is 2.19. The molecule has 0 amide bonds. The fourth-order valence-electron chi connectivity index (χ4n) is 1.47. The Hall–Kier alpha value is -0.170. The highest BCUT2D eigenvalue weighted by Crippen LogP contribution is 1.97. The molecule has 0 rings (SSSR count). The predicted octanol–water partition coefficient (Wildman–Crippen LogP) is 1.50. The highest BCUT2D eigenvalue weighted by atomic mass is 32.2. The molecule has 0 saturated carbocycles. The van der Waals surface area contributed by atoms with E-state index in [0.29, 0.717) is 19.7 Å². The monoisotopic (exact) mass is 294 g/mol. The van der Waals surface area contributed by atoms with Crippen LogP contribution in [0, 0.1) is 0 Å². The topological polar surface area (TPSA) is 67.4 Å². The van der Waals surface area contributed by atoms with Crippen LogP contribution in [0.4, 0.5) is 0 Å². The van der Waals surface area contributed by atoms with Crippen molar-refractivity contribution in [3.05, 3.63) is 0 Å². The van der Waals surface area contributed by atoms with Gasteiger partial charge in [-0.05, 0) is 32.7 Å². The number of unbranched alkanes of at least 4 members (excludes halogenated alkanes) is 1. The second-order valence-electron chi connectivity index (χ2n) is 4.77.